The maximum atomic E-state index is 10.1. The van der Waals surface area contributed by atoms with Crippen molar-refractivity contribution in [2.45, 2.75) is 0 Å². The first-order valence-electron chi connectivity index (χ1n) is 5.78. The van der Waals surface area contributed by atoms with Crippen molar-refractivity contribution in [2.75, 3.05) is 6.79 Å². The van der Waals surface area contributed by atoms with Crippen molar-refractivity contribution in [1.29, 1.82) is 0 Å². The summed E-state index contributed by atoms with van der Waals surface area (Å²) in [7, 11) is 0. The van der Waals surface area contributed by atoms with Crippen LogP contribution in [0.2, 0.25) is 0 Å². The Morgan fingerprint density at radius 3 is 2.28 bits per heavy atom. The summed E-state index contributed by atoms with van der Waals surface area (Å²) in [4.78, 5) is 0. The fourth-order valence-corrected chi connectivity index (χ4v) is 2.59. The largest absolute Gasteiger partial charge is 0.507 e. The second-order valence-electron chi connectivity index (χ2n) is 4.31. The van der Waals surface area contributed by atoms with E-state index in [0.29, 0.717) is 0 Å². The van der Waals surface area contributed by atoms with Gasteiger partial charge < -0.3 is 14.6 Å². The van der Waals surface area contributed by atoms with Crippen molar-refractivity contribution in [3.05, 3.63) is 42.5 Å². The molecule has 0 aromatic heterocycles. The number of benzene rings is 3. The molecule has 4 rings (SSSR count). The van der Waals surface area contributed by atoms with Crippen LogP contribution in [0.4, 0.5) is 0 Å². The smallest absolute Gasteiger partial charge is 0.231 e. The van der Waals surface area contributed by atoms with Gasteiger partial charge in [-0.2, -0.15) is 0 Å². The Morgan fingerprint density at radius 1 is 0.778 bits per heavy atom. The summed E-state index contributed by atoms with van der Waals surface area (Å²) in [6, 6.07) is 13.3. The summed E-state index contributed by atoms with van der Waals surface area (Å²) in [5.74, 6) is 1.75. The number of aromatic hydroxyl groups is 1. The number of ether oxygens (including phenoxy) is 2. The van der Waals surface area contributed by atoms with Gasteiger partial charge in [0.05, 0.1) is 0 Å². The average molecular weight is 238 g/mol. The van der Waals surface area contributed by atoms with Gasteiger partial charge in [-0.25, -0.2) is 0 Å². The van der Waals surface area contributed by atoms with Crippen LogP contribution in [-0.2, 0) is 0 Å². The number of fused-ring (bicyclic) bond motifs is 6. The Balaban J connectivity index is 2.36. The van der Waals surface area contributed by atoms with E-state index in [9.17, 15) is 5.11 Å². The lowest BCUT2D eigenvalue weighted by Crippen LogP contribution is -1.93. The molecular formula is C15H10O3. The van der Waals surface area contributed by atoms with E-state index in [0.717, 1.165) is 33.0 Å². The van der Waals surface area contributed by atoms with E-state index in [2.05, 4.69) is 0 Å². The molecule has 3 heteroatoms. The second kappa shape index (κ2) is 3.29. The van der Waals surface area contributed by atoms with E-state index in [1.54, 1.807) is 6.07 Å². The molecule has 3 aromatic carbocycles. The van der Waals surface area contributed by atoms with Crippen molar-refractivity contribution < 1.29 is 14.6 Å². The minimum Gasteiger partial charge on any atom is -0.507 e. The summed E-state index contributed by atoms with van der Waals surface area (Å²) in [5, 5.41) is 13.8. The quantitative estimate of drug-likeness (QED) is 0.610. The highest BCUT2D eigenvalue weighted by molar-refractivity contribution is 6.16. The number of phenolic OH excluding ortho intramolecular Hbond substituents is 1. The molecule has 3 nitrogen and oxygen atoms in total. The van der Waals surface area contributed by atoms with Gasteiger partial charge in [0.2, 0.25) is 6.79 Å². The van der Waals surface area contributed by atoms with Crippen molar-refractivity contribution in [1.82, 2.24) is 0 Å². The predicted molar refractivity (Wildman–Crippen MR) is 69.2 cm³/mol. The van der Waals surface area contributed by atoms with E-state index in [-0.39, 0.29) is 12.5 Å². The van der Waals surface area contributed by atoms with E-state index in [1.165, 1.54) is 0 Å². The molecule has 0 saturated carbocycles. The van der Waals surface area contributed by atoms with E-state index in [4.69, 9.17) is 9.47 Å². The zero-order valence-electron chi connectivity index (χ0n) is 9.51. The van der Waals surface area contributed by atoms with Crippen molar-refractivity contribution >= 4 is 21.5 Å². The van der Waals surface area contributed by atoms with Crippen LogP contribution in [0.15, 0.2) is 42.5 Å². The van der Waals surface area contributed by atoms with Crippen LogP contribution < -0.4 is 9.47 Å². The van der Waals surface area contributed by atoms with Gasteiger partial charge in [-0.15, -0.1) is 0 Å². The molecule has 0 radical (unpaired) electrons. The minimum atomic E-state index is 0.230. The summed E-state index contributed by atoms with van der Waals surface area (Å²) in [5.41, 5.74) is 0. The highest BCUT2D eigenvalue weighted by Crippen LogP contribution is 2.48. The van der Waals surface area contributed by atoms with Gasteiger partial charge in [-0.05, 0) is 11.5 Å². The SMILES string of the molecule is Oc1cccc2c3c(c4ccccc4c12)OCO3. The minimum absolute atomic E-state index is 0.230. The molecule has 0 unspecified atom stereocenters. The van der Waals surface area contributed by atoms with Gasteiger partial charge in [-0.1, -0.05) is 36.4 Å². The Bertz CT molecular complexity index is 777. The fourth-order valence-electron chi connectivity index (χ4n) is 2.59. The number of hydrogen-bond acceptors (Lipinski definition) is 3. The summed E-state index contributed by atoms with van der Waals surface area (Å²) >= 11 is 0. The molecule has 1 aliphatic rings. The molecule has 0 amide bonds. The van der Waals surface area contributed by atoms with Crippen molar-refractivity contribution in [2.24, 2.45) is 0 Å². The summed E-state index contributed by atoms with van der Waals surface area (Å²) < 4.78 is 11.1. The third kappa shape index (κ3) is 1.08. The Kier molecular flexibility index (Phi) is 1.75. The van der Waals surface area contributed by atoms with Crippen LogP contribution in [0.5, 0.6) is 17.2 Å². The topological polar surface area (TPSA) is 38.7 Å². The first-order chi connectivity index (χ1) is 8.86. The van der Waals surface area contributed by atoms with Crippen molar-refractivity contribution in [3.8, 4) is 17.2 Å². The molecule has 1 heterocycles. The number of phenols is 1. The molecule has 18 heavy (non-hydrogen) atoms. The van der Waals surface area contributed by atoms with Crippen LogP contribution in [0.25, 0.3) is 21.5 Å². The van der Waals surface area contributed by atoms with Crippen LogP contribution in [0, 0.1) is 0 Å². The van der Waals surface area contributed by atoms with Crippen LogP contribution in [-0.4, -0.2) is 11.9 Å². The number of rotatable bonds is 0. The summed E-state index contributed by atoms with van der Waals surface area (Å²) in [6.45, 7) is 0.230. The lowest BCUT2D eigenvalue weighted by atomic mass is 9.99. The molecule has 0 atom stereocenters. The first-order valence-corrected chi connectivity index (χ1v) is 5.78. The fraction of sp³-hybridized carbons (Fsp3) is 0.0667. The molecule has 0 fully saturated rings. The monoisotopic (exact) mass is 238 g/mol. The molecule has 0 saturated heterocycles. The Labute approximate surface area is 103 Å². The van der Waals surface area contributed by atoms with Crippen LogP contribution >= 0.6 is 0 Å². The first kappa shape index (κ1) is 9.59. The third-order valence-electron chi connectivity index (χ3n) is 3.34. The standard InChI is InChI=1S/C15H10O3/c16-12-7-3-6-11-13(12)9-4-1-2-5-10(9)14-15(11)18-8-17-14/h1-7,16H,8H2. The van der Waals surface area contributed by atoms with Crippen molar-refractivity contribution in [3.63, 3.8) is 0 Å². The highest BCUT2D eigenvalue weighted by Gasteiger charge is 2.22. The Morgan fingerprint density at radius 2 is 1.44 bits per heavy atom. The second-order valence-corrected chi connectivity index (χ2v) is 4.31. The molecular weight excluding hydrogens is 228 g/mol. The molecule has 3 aromatic rings. The third-order valence-corrected chi connectivity index (χ3v) is 3.34. The summed E-state index contributed by atoms with van der Waals surface area (Å²) in [6.07, 6.45) is 0. The normalized spacial score (nSPS) is 13.3. The molecule has 0 bridgehead atoms. The van der Waals surface area contributed by atoms with Gasteiger partial charge in [0.1, 0.15) is 5.75 Å². The lowest BCUT2D eigenvalue weighted by molar-refractivity contribution is 0.175. The van der Waals surface area contributed by atoms with Crippen LogP contribution in [0.3, 0.4) is 0 Å². The maximum Gasteiger partial charge on any atom is 0.231 e. The zero-order chi connectivity index (χ0) is 12.1. The molecule has 1 aliphatic heterocycles. The maximum absolute atomic E-state index is 10.1. The van der Waals surface area contributed by atoms with Crippen LogP contribution in [0.1, 0.15) is 0 Å². The van der Waals surface area contributed by atoms with Gasteiger partial charge in [-0.3, -0.25) is 0 Å². The predicted octanol–water partition coefficient (Wildman–Crippen LogP) is 3.43. The van der Waals surface area contributed by atoms with E-state index in [1.807, 2.05) is 36.4 Å². The Hall–Kier alpha value is -2.42. The molecule has 0 aliphatic carbocycles. The number of hydrogen-bond donors (Lipinski definition) is 1. The van der Waals surface area contributed by atoms with E-state index >= 15 is 0 Å². The van der Waals surface area contributed by atoms with Gasteiger partial charge in [0.15, 0.2) is 11.5 Å². The molecule has 0 spiro atoms. The van der Waals surface area contributed by atoms with Gasteiger partial charge in [0.25, 0.3) is 0 Å². The molecule has 1 N–H and O–H groups in total. The van der Waals surface area contributed by atoms with Gasteiger partial charge in [0, 0.05) is 16.2 Å². The van der Waals surface area contributed by atoms with E-state index < -0.39 is 0 Å². The lowest BCUT2D eigenvalue weighted by Gasteiger charge is -2.09. The molecule has 88 valence electrons. The highest BCUT2D eigenvalue weighted by atomic mass is 16.7. The van der Waals surface area contributed by atoms with Gasteiger partial charge >= 0.3 is 0 Å². The average Bonchev–Trinajstić information content (AvgIpc) is 2.88. The zero-order valence-corrected chi connectivity index (χ0v) is 9.51.